The molecule has 21 heavy (non-hydrogen) atoms. The molecule has 0 radical (unpaired) electrons. The van der Waals surface area contributed by atoms with Gasteiger partial charge in [0.15, 0.2) is 0 Å². The van der Waals surface area contributed by atoms with Crippen LogP contribution in [-0.4, -0.2) is 6.10 Å². The molecule has 0 unspecified atom stereocenters. The molecular formula is C19H23BrO. The van der Waals surface area contributed by atoms with Gasteiger partial charge in [-0.1, -0.05) is 59.6 Å². The molecule has 1 aliphatic carbocycles. The molecule has 2 heteroatoms. The average Bonchev–Trinajstić information content (AvgIpc) is 2.55. The van der Waals surface area contributed by atoms with E-state index in [1.165, 1.54) is 48.4 Å². The van der Waals surface area contributed by atoms with Crippen LogP contribution in [0.5, 0.6) is 5.75 Å². The molecule has 0 aliphatic heterocycles. The van der Waals surface area contributed by atoms with Crippen molar-refractivity contribution in [3.05, 3.63) is 42.0 Å². The molecule has 3 rings (SSSR count). The van der Waals surface area contributed by atoms with Crippen LogP contribution in [0.2, 0.25) is 0 Å². The third kappa shape index (κ3) is 3.26. The van der Waals surface area contributed by atoms with E-state index in [1.807, 2.05) is 0 Å². The molecule has 0 N–H and O–H groups in total. The van der Waals surface area contributed by atoms with Gasteiger partial charge in [-0.05, 0) is 48.4 Å². The van der Waals surface area contributed by atoms with E-state index in [0.717, 1.165) is 17.0 Å². The van der Waals surface area contributed by atoms with Gasteiger partial charge in [0.25, 0.3) is 0 Å². The van der Waals surface area contributed by atoms with Crippen molar-refractivity contribution in [3.63, 3.8) is 0 Å². The third-order valence-electron chi connectivity index (χ3n) is 4.80. The van der Waals surface area contributed by atoms with Crippen LogP contribution in [0.1, 0.15) is 44.6 Å². The molecule has 0 atom stereocenters. The van der Waals surface area contributed by atoms with Crippen LogP contribution >= 0.6 is 15.9 Å². The Kier molecular flexibility index (Phi) is 4.84. The molecule has 112 valence electrons. The lowest BCUT2D eigenvalue weighted by molar-refractivity contribution is 0.129. The number of ether oxygens (including phenoxy) is 1. The summed E-state index contributed by atoms with van der Waals surface area (Å²) >= 11 is 3.64. The molecule has 0 aromatic heterocycles. The first-order valence-corrected chi connectivity index (χ1v) is 9.17. The highest BCUT2D eigenvalue weighted by molar-refractivity contribution is 9.08. The van der Waals surface area contributed by atoms with Gasteiger partial charge in [-0.15, -0.1) is 0 Å². The van der Waals surface area contributed by atoms with Gasteiger partial charge < -0.3 is 4.74 Å². The molecule has 2 aromatic rings. The van der Waals surface area contributed by atoms with E-state index in [0.29, 0.717) is 6.10 Å². The molecule has 0 heterocycles. The maximum Gasteiger partial charge on any atom is 0.124 e. The van der Waals surface area contributed by atoms with Crippen molar-refractivity contribution in [2.45, 2.75) is 50.5 Å². The first kappa shape index (κ1) is 14.9. The number of fused-ring (bicyclic) bond motifs is 1. The van der Waals surface area contributed by atoms with E-state index in [1.54, 1.807) is 0 Å². The van der Waals surface area contributed by atoms with E-state index in [-0.39, 0.29) is 0 Å². The second kappa shape index (κ2) is 6.83. The molecule has 2 aromatic carbocycles. The Labute approximate surface area is 135 Å². The fourth-order valence-corrected chi connectivity index (χ4v) is 3.98. The molecule has 0 amide bonds. The molecule has 0 bridgehead atoms. The first-order chi connectivity index (χ1) is 10.3. The summed E-state index contributed by atoms with van der Waals surface area (Å²) in [6.45, 7) is 2.30. The Morgan fingerprint density at radius 2 is 1.81 bits per heavy atom. The second-order valence-corrected chi connectivity index (χ2v) is 6.63. The van der Waals surface area contributed by atoms with Crippen molar-refractivity contribution in [1.82, 2.24) is 0 Å². The number of hydrogen-bond donors (Lipinski definition) is 0. The van der Waals surface area contributed by atoms with Crippen molar-refractivity contribution in [1.29, 1.82) is 0 Å². The normalized spacial score (nSPS) is 22.4. The summed E-state index contributed by atoms with van der Waals surface area (Å²) in [6, 6.07) is 12.9. The number of halogens is 1. The van der Waals surface area contributed by atoms with Gasteiger partial charge in [0.1, 0.15) is 5.75 Å². The molecule has 0 spiro atoms. The van der Waals surface area contributed by atoms with Crippen LogP contribution in [0.4, 0.5) is 0 Å². The highest BCUT2D eigenvalue weighted by Gasteiger charge is 2.22. The zero-order valence-corrected chi connectivity index (χ0v) is 14.2. The molecule has 0 saturated heterocycles. The van der Waals surface area contributed by atoms with Gasteiger partial charge in [-0.2, -0.15) is 0 Å². The maximum absolute atomic E-state index is 6.35. The second-order valence-electron chi connectivity index (χ2n) is 6.07. The Morgan fingerprint density at radius 1 is 1.05 bits per heavy atom. The average molecular weight is 347 g/mol. The third-order valence-corrected chi connectivity index (χ3v) is 5.36. The highest BCUT2D eigenvalue weighted by atomic mass is 79.9. The molecular weight excluding hydrogens is 324 g/mol. The topological polar surface area (TPSA) is 9.23 Å². The van der Waals surface area contributed by atoms with E-state index >= 15 is 0 Å². The van der Waals surface area contributed by atoms with Crippen LogP contribution < -0.4 is 4.74 Å². The van der Waals surface area contributed by atoms with Crippen molar-refractivity contribution in [2.75, 3.05) is 0 Å². The molecule has 1 saturated carbocycles. The monoisotopic (exact) mass is 346 g/mol. The predicted molar refractivity (Wildman–Crippen MR) is 93.2 cm³/mol. The fourth-order valence-electron chi connectivity index (χ4n) is 3.40. The smallest absolute Gasteiger partial charge is 0.124 e. The fraction of sp³-hybridized carbons (Fsp3) is 0.474. The Balaban J connectivity index is 1.81. The van der Waals surface area contributed by atoms with Crippen molar-refractivity contribution in [2.24, 2.45) is 5.92 Å². The lowest BCUT2D eigenvalue weighted by Crippen LogP contribution is -2.24. The van der Waals surface area contributed by atoms with Gasteiger partial charge in [0.05, 0.1) is 6.10 Å². The zero-order valence-electron chi connectivity index (χ0n) is 12.6. The van der Waals surface area contributed by atoms with E-state index in [4.69, 9.17) is 4.74 Å². The minimum absolute atomic E-state index is 0.395. The summed E-state index contributed by atoms with van der Waals surface area (Å²) in [4.78, 5) is 0. The SMILES string of the molecule is CCC1CCC(Oc2ccc3ccccc3c2CBr)CC1. The lowest BCUT2D eigenvalue weighted by Gasteiger charge is -2.29. The summed E-state index contributed by atoms with van der Waals surface area (Å²) < 4.78 is 6.35. The highest BCUT2D eigenvalue weighted by Crippen LogP contribution is 2.34. The van der Waals surface area contributed by atoms with E-state index in [9.17, 15) is 0 Å². The van der Waals surface area contributed by atoms with Crippen LogP contribution in [0.15, 0.2) is 36.4 Å². The summed E-state index contributed by atoms with van der Waals surface area (Å²) in [5.41, 5.74) is 1.28. The number of benzene rings is 2. The van der Waals surface area contributed by atoms with Crippen LogP contribution in [0.25, 0.3) is 10.8 Å². The van der Waals surface area contributed by atoms with Gasteiger partial charge in [0, 0.05) is 10.9 Å². The first-order valence-electron chi connectivity index (χ1n) is 8.05. The van der Waals surface area contributed by atoms with Crippen molar-refractivity contribution in [3.8, 4) is 5.75 Å². The molecule has 1 fully saturated rings. The van der Waals surface area contributed by atoms with E-state index in [2.05, 4.69) is 59.3 Å². The standard InChI is InChI=1S/C19H23BrO/c1-2-14-7-10-16(11-8-14)21-19-12-9-15-5-3-4-6-17(15)18(19)13-20/h3-6,9,12,14,16H,2,7-8,10-11,13H2,1H3. The predicted octanol–water partition coefficient (Wildman–Crippen LogP) is 6.08. The largest absolute Gasteiger partial charge is 0.490 e. The van der Waals surface area contributed by atoms with Crippen LogP contribution in [0.3, 0.4) is 0 Å². The molecule has 1 aliphatic rings. The lowest BCUT2D eigenvalue weighted by atomic mass is 9.86. The number of hydrogen-bond acceptors (Lipinski definition) is 1. The summed E-state index contributed by atoms with van der Waals surface area (Å²) in [6.07, 6.45) is 6.75. The maximum atomic E-state index is 6.35. The van der Waals surface area contributed by atoms with Crippen LogP contribution in [-0.2, 0) is 5.33 Å². The van der Waals surface area contributed by atoms with Crippen molar-refractivity contribution >= 4 is 26.7 Å². The Morgan fingerprint density at radius 3 is 2.52 bits per heavy atom. The molecule has 1 nitrogen and oxygen atoms in total. The zero-order chi connectivity index (χ0) is 14.7. The Bertz CT molecular complexity index is 600. The Hall–Kier alpha value is -1.02. The summed E-state index contributed by atoms with van der Waals surface area (Å²) in [5, 5.41) is 3.43. The van der Waals surface area contributed by atoms with Crippen LogP contribution in [0, 0.1) is 5.92 Å². The minimum Gasteiger partial charge on any atom is -0.490 e. The van der Waals surface area contributed by atoms with Gasteiger partial charge in [-0.3, -0.25) is 0 Å². The van der Waals surface area contributed by atoms with E-state index < -0.39 is 0 Å². The number of alkyl halides is 1. The quantitative estimate of drug-likeness (QED) is 0.609. The van der Waals surface area contributed by atoms with Gasteiger partial charge >= 0.3 is 0 Å². The number of rotatable bonds is 4. The summed E-state index contributed by atoms with van der Waals surface area (Å²) in [5.74, 6) is 1.97. The van der Waals surface area contributed by atoms with Gasteiger partial charge in [0.2, 0.25) is 0 Å². The minimum atomic E-state index is 0.395. The summed E-state index contributed by atoms with van der Waals surface area (Å²) in [7, 11) is 0. The van der Waals surface area contributed by atoms with Gasteiger partial charge in [-0.25, -0.2) is 0 Å². The van der Waals surface area contributed by atoms with Crippen molar-refractivity contribution < 1.29 is 4.74 Å².